The smallest absolute Gasteiger partial charge is 0.226 e. The summed E-state index contributed by atoms with van der Waals surface area (Å²) in [4.78, 5) is 19.9. The quantitative estimate of drug-likeness (QED) is 0.467. The van der Waals surface area contributed by atoms with Crippen LogP contribution in [0.3, 0.4) is 0 Å². The van der Waals surface area contributed by atoms with E-state index in [1.807, 2.05) is 32.0 Å². The largest absolute Gasteiger partial charge is 0.494 e. The average molecular weight is 439 g/mol. The summed E-state index contributed by atoms with van der Waals surface area (Å²) in [6, 6.07) is 8.10. The Bertz CT molecular complexity index is 1280. The Morgan fingerprint density at radius 1 is 1.23 bits per heavy atom. The lowest BCUT2D eigenvalue weighted by molar-refractivity contribution is -0.116. The molecule has 0 saturated heterocycles. The molecule has 0 fully saturated rings. The first-order valence-corrected chi connectivity index (χ1v) is 11.6. The molecule has 0 aliphatic carbocycles. The molecule has 1 aliphatic rings. The topological polar surface area (TPSA) is 69.0 Å². The van der Waals surface area contributed by atoms with Gasteiger partial charge in [-0.1, -0.05) is 11.3 Å². The molecule has 0 bridgehead atoms. The molecule has 0 unspecified atom stereocenters. The first-order chi connectivity index (χ1) is 14.4. The molecule has 154 valence electrons. The van der Waals surface area contributed by atoms with Crippen molar-refractivity contribution in [1.82, 2.24) is 14.8 Å². The summed E-state index contributed by atoms with van der Waals surface area (Å²) in [5, 5.41) is 8.58. The molecular formula is C22H22N4O2S2. The van der Waals surface area contributed by atoms with Crippen LogP contribution in [0.15, 0.2) is 24.3 Å². The molecule has 6 nitrogen and oxygen atoms in total. The van der Waals surface area contributed by atoms with Gasteiger partial charge in [0.05, 0.1) is 22.5 Å². The Labute approximate surface area is 182 Å². The summed E-state index contributed by atoms with van der Waals surface area (Å²) < 4.78 is 8.43. The average Bonchev–Trinajstić information content (AvgIpc) is 3.36. The fourth-order valence-electron chi connectivity index (χ4n) is 4.19. The number of rotatable bonds is 4. The van der Waals surface area contributed by atoms with Crippen molar-refractivity contribution in [3.63, 3.8) is 0 Å². The number of nitrogens with one attached hydrogen (secondary N) is 1. The third kappa shape index (κ3) is 3.11. The maximum Gasteiger partial charge on any atom is 0.226 e. The van der Waals surface area contributed by atoms with Gasteiger partial charge >= 0.3 is 0 Å². The van der Waals surface area contributed by atoms with E-state index in [2.05, 4.69) is 25.2 Å². The fourth-order valence-corrected chi connectivity index (χ4v) is 6.13. The van der Waals surface area contributed by atoms with Crippen LogP contribution >= 0.6 is 22.7 Å². The predicted molar refractivity (Wildman–Crippen MR) is 122 cm³/mol. The SMILES string of the molecule is CCOc1ccc2nc(-n3nc(C)c4c3NC(=O)C[C@@H]4c3cc(C)sc3C)sc2c1. The number of hydrogen-bond acceptors (Lipinski definition) is 6. The molecule has 1 aromatic carbocycles. The second-order valence-electron chi connectivity index (χ2n) is 7.49. The molecule has 1 amide bonds. The van der Waals surface area contributed by atoms with Gasteiger partial charge in [-0.05, 0) is 57.5 Å². The van der Waals surface area contributed by atoms with Crippen molar-refractivity contribution < 1.29 is 9.53 Å². The lowest BCUT2D eigenvalue weighted by Gasteiger charge is -2.24. The molecule has 5 rings (SSSR count). The molecular weight excluding hydrogens is 416 g/mol. The number of nitrogens with zero attached hydrogens (tertiary/aromatic N) is 3. The van der Waals surface area contributed by atoms with E-state index in [0.29, 0.717) is 13.0 Å². The number of fused-ring (bicyclic) bond motifs is 2. The fraction of sp³-hybridized carbons (Fsp3) is 0.318. The highest BCUT2D eigenvalue weighted by atomic mass is 32.1. The third-order valence-electron chi connectivity index (χ3n) is 5.40. The van der Waals surface area contributed by atoms with Crippen LogP contribution in [0, 0.1) is 20.8 Å². The molecule has 1 aliphatic heterocycles. The summed E-state index contributed by atoms with van der Waals surface area (Å²) in [5.74, 6) is 1.60. The molecule has 0 saturated carbocycles. The monoisotopic (exact) mass is 438 g/mol. The van der Waals surface area contributed by atoms with Crippen LogP contribution in [-0.2, 0) is 4.79 Å². The van der Waals surface area contributed by atoms with Crippen LogP contribution in [0.4, 0.5) is 5.82 Å². The second-order valence-corrected chi connectivity index (χ2v) is 9.96. The standard InChI is InChI=1S/C22H22N4O2S2/c1-5-28-14-6-7-17-18(9-14)30-22(23-17)26-21-20(12(3)25-26)16(10-19(27)24-21)15-8-11(2)29-13(15)4/h6-9,16H,5,10H2,1-4H3,(H,24,27)/t16-/m1/s1. The highest BCUT2D eigenvalue weighted by Gasteiger charge is 2.34. The van der Waals surface area contributed by atoms with Gasteiger partial charge < -0.3 is 10.1 Å². The van der Waals surface area contributed by atoms with Gasteiger partial charge in [0.1, 0.15) is 11.6 Å². The number of carbonyl (C=O) groups excluding carboxylic acids is 1. The van der Waals surface area contributed by atoms with E-state index in [9.17, 15) is 4.79 Å². The maximum absolute atomic E-state index is 12.6. The number of thiazole rings is 1. The summed E-state index contributed by atoms with van der Waals surface area (Å²) in [5.41, 5.74) is 4.13. The minimum atomic E-state index is 0.0108. The van der Waals surface area contributed by atoms with Crippen LogP contribution in [0.1, 0.15) is 45.8 Å². The van der Waals surface area contributed by atoms with E-state index < -0.39 is 0 Å². The minimum Gasteiger partial charge on any atom is -0.494 e. The van der Waals surface area contributed by atoms with Gasteiger partial charge in [-0.2, -0.15) is 9.78 Å². The van der Waals surface area contributed by atoms with Crippen LogP contribution in [0.25, 0.3) is 15.3 Å². The molecule has 1 N–H and O–H groups in total. The van der Waals surface area contributed by atoms with Crippen molar-refractivity contribution in [1.29, 1.82) is 0 Å². The van der Waals surface area contributed by atoms with Gasteiger partial charge in [0.2, 0.25) is 11.0 Å². The summed E-state index contributed by atoms with van der Waals surface area (Å²) in [6.45, 7) is 8.84. The first-order valence-electron chi connectivity index (χ1n) is 9.94. The van der Waals surface area contributed by atoms with Gasteiger partial charge in [-0.15, -0.1) is 11.3 Å². The van der Waals surface area contributed by atoms with E-state index in [1.165, 1.54) is 15.3 Å². The summed E-state index contributed by atoms with van der Waals surface area (Å²) in [7, 11) is 0. The van der Waals surface area contributed by atoms with Gasteiger partial charge in [-0.25, -0.2) is 4.98 Å². The van der Waals surface area contributed by atoms with Crippen LogP contribution in [-0.4, -0.2) is 27.3 Å². The Hall–Kier alpha value is -2.71. The van der Waals surface area contributed by atoms with Crippen LogP contribution in [0.2, 0.25) is 0 Å². The number of benzene rings is 1. The van der Waals surface area contributed by atoms with E-state index in [1.54, 1.807) is 27.4 Å². The molecule has 30 heavy (non-hydrogen) atoms. The van der Waals surface area contributed by atoms with Crippen molar-refractivity contribution in [3.8, 4) is 10.9 Å². The normalized spacial score (nSPS) is 16.0. The number of aryl methyl sites for hydroxylation is 3. The summed E-state index contributed by atoms with van der Waals surface area (Å²) in [6.07, 6.45) is 0.439. The zero-order valence-corrected chi connectivity index (χ0v) is 18.9. The number of hydrogen-bond donors (Lipinski definition) is 1. The Morgan fingerprint density at radius 2 is 2.07 bits per heavy atom. The third-order valence-corrected chi connectivity index (χ3v) is 7.37. The maximum atomic E-state index is 12.6. The van der Waals surface area contributed by atoms with Crippen LogP contribution < -0.4 is 10.1 Å². The van der Waals surface area contributed by atoms with Crippen molar-refractivity contribution in [2.24, 2.45) is 0 Å². The summed E-state index contributed by atoms with van der Waals surface area (Å²) >= 11 is 3.32. The van der Waals surface area contributed by atoms with Crippen LogP contribution in [0.5, 0.6) is 5.75 Å². The van der Waals surface area contributed by atoms with Crippen molar-refractivity contribution in [2.75, 3.05) is 11.9 Å². The number of anilines is 1. The van der Waals surface area contributed by atoms with E-state index >= 15 is 0 Å². The highest BCUT2D eigenvalue weighted by molar-refractivity contribution is 7.20. The Morgan fingerprint density at radius 3 is 2.80 bits per heavy atom. The van der Waals surface area contributed by atoms with Crippen molar-refractivity contribution in [3.05, 3.63) is 50.8 Å². The molecule has 1 atom stereocenters. The number of thiophene rings is 1. The molecule has 0 radical (unpaired) electrons. The highest BCUT2D eigenvalue weighted by Crippen LogP contribution is 2.43. The number of aromatic nitrogens is 3. The van der Waals surface area contributed by atoms with Gasteiger partial charge in [-0.3, -0.25) is 4.79 Å². The first kappa shape index (κ1) is 19.3. The Kier molecular flexibility index (Phi) is 4.63. The Balaban J connectivity index is 1.64. The van der Waals surface area contributed by atoms with E-state index in [0.717, 1.165) is 38.2 Å². The van der Waals surface area contributed by atoms with Gasteiger partial charge in [0.15, 0.2) is 0 Å². The molecule has 4 heterocycles. The molecule has 0 spiro atoms. The van der Waals surface area contributed by atoms with Gasteiger partial charge in [0.25, 0.3) is 0 Å². The van der Waals surface area contributed by atoms with Crippen molar-refractivity contribution >= 4 is 44.6 Å². The zero-order valence-electron chi connectivity index (χ0n) is 17.3. The predicted octanol–water partition coefficient (Wildman–Crippen LogP) is 5.34. The van der Waals surface area contributed by atoms with Gasteiger partial charge in [0, 0.05) is 27.7 Å². The van der Waals surface area contributed by atoms with Crippen molar-refractivity contribution in [2.45, 2.75) is 40.0 Å². The molecule has 8 heteroatoms. The lowest BCUT2D eigenvalue weighted by atomic mass is 9.86. The lowest BCUT2D eigenvalue weighted by Crippen LogP contribution is -2.25. The van der Waals surface area contributed by atoms with E-state index in [-0.39, 0.29) is 11.8 Å². The second kappa shape index (κ2) is 7.21. The molecule has 3 aromatic heterocycles. The number of carbonyl (C=O) groups is 1. The zero-order chi connectivity index (χ0) is 21.0. The number of amides is 1. The molecule has 4 aromatic rings. The number of ether oxygens (including phenoxy) is 1. The minimum absolute atomic E-state index is 0.0108. The van der Waals surface area contributed by atoms with E-state index in [4.69, 9.17) is 14.8 Å².